The van der Waals surface area contributed by atoms with Crippen LogP contribution in [0.1, 0.15) is 13.3 Å². The summed E-state index contributed by atoms with van der Waals surface area (Å²) in [6.07, 6.45) is 0.222. The van der Waals surface area contributed by atoms with Gasteiger partial charge in [0.2, 0.25) is 0 Å². The van der Waals surface area contributed by atoms with Gasteiger partial charge in [-0.2, -0.15) is 12.6 Å². The highest BCUT2D eigenvalue weighted by Gasteiger charge is 2.06. The molecule has 0 rings (SSSR count). The van der Waals surface area contributed by atoms with Crippen molar-refractivity contribution in [1.29, 1.82) is 0 Å². The molecule has 0 aliphatic carbocycles. The first-order valence-corrected chi connectivity index (χ1v) is 3.90. The Bertz CT molecular complexity index is 150. The predicted octanol–water partition coefficient (Wildman–Crippen LogP) is -0.191. The summed E-state index contributed by atoms with van der Waals surface area (Å²) in [5.41, 5.74) is 4.94. The maximum Gasteiger partial charge on any atom is 0.321 e. The maximum atomic E-state index is 9.76. The van der Waals surface area contributed by atoms with E-state index in [1.807, 2.05) is 0 Å². The minimum atomic E-state index is -1.00. The van der Waals surface area contributed by atoms with E-state index in [1.165, 1.54) is 0 Å². The zero-order valence-corrected chi connectivity index (χ0v) is 7.62. The summed E-state index contributed by atoms with van der Waals surface area (Å²) < 4.78 is 0. The smallest absolute Gasteiger partial charge is 0.321 e. The summed E-state index contributed by atoms with van der Waals surface area (Å²) >= 11 is 3.65. The van der Waals surface area contributed by atoms with Crippen molar-refractivity contribution in [2.45, 2.75) is 19.4 Å². The van der Waals surface area contributed by atoms with Gasteiger partial charge < -0.3 is 15.9 Å². The summed E-state index contributed by atoms with van der Waals surface area (Å²) in [6.45, 7) is 1.60. The zero-order chi connectivity index (χ0) is 10.1. The fourth-order valence-electron chi connectivity index (χ4n) is 0.0781. The summed E-state index contributed by atoms with van der Waals surface area (Å²) in [5, 5.41) is 15.7. The number of thiol groups is 1. The monoisotopic (exact) mass is 195 g/mol. The second-order valence-electron chi connectivity index (χ2n) is 1.87. The first kappa shape index (κ1) is 13.8. The third kappa shape index (κ3) is 12.0. The highest BCUT2D eigenvalue weighted by molar-refractivity contribution is 7.80. The lowest BCUT2D eigenvalue weighted by atomic mass is 10.4. The Morgan fingerprint density at radius 3 is 1.83 bits per heavy atom. The van der Waals surface area contributed by atoms with Gasteiger partial charge in [-0.05, 0) is 0 Å². The number of carbonyl (C=O) groups is 2. The third-order valence-electron chi connectivity index (χ3n) is 0.816. The molecule has 4 N–H and O–H groups in total. The van der Waals surface area contributed by atoms with Crippen LogP contribution in [0.3, 0.4) is 0 Å². The minimum Gasteiger partial charge on any atom is -0.481 e. The van der Waals surface area contributed by atoms with Crippen LogP contribution in [-0.2, 0) is 9.59 Å². The average Bonchev–Trinajstić information content (AvgIpc) is 2.04. The van der Waals surface area contributed by atoms with Gasteiger partial charge in [-0.1, -0.05) is 6.92 Å². The number of hydrogen-bond donors (Lipinski definition) is 4. The molecule has 0 bridgehead atoms. The molecule has 0 saturated heterocycles. The molecule has 72 valence electrons. The minimum absolute atomic E-state index is 0.190. The van der Waals surface area contributed by atoms with E-state index in [2.05, 4.69) is 12.6 Å². The van der Waals surface area contributed by atoms with Gasteiger partial charge in [-0.3, -0.25) is 9.59 Å². The van der Waals surface area contributed by atoms with E-state index in [9.17, 15) is 9.59 Å². The first-order chi connectivity index (χ1) is 5.45. The molecule has 0 aromatic rings. The Balaban J connectivity index is 0. The van der Waals surface area contributed by atoms with E-state index in [4.69, 9.17) is 15.9 Å². The molecule has 0 spiro atoms. The molecule has 0 fully saturated rings. The number of rotatable bonds is 3. The molecule has 0 radical (unpaired) electrons. The van der Waals surface area contributed by atoms with Crippen LogP contribution in [0.15, 0.2) is 0 Å². The van der Waals surface area contributed by atoms with E-state index in [1.54, 1.807) is 6.92 Å². The van der Waals surface area contributed by atoms with Gasteiger partial charge in [0.25, 0.3) is 0 Å². The Hall–Kier alpha value is -0.750. The Kier molecular flexibility index (Phi) is 9.61. The third-order valence-corrected chi connectivity index (χ3v) is 1.21. The standard InChI is InChI=1S/C3H7NO2S.C3H6O2/c4-2(1-7)3(5)6;1-2-3(4)5/h2,7H,1,4H2,(H,5,6);2H2,1H3,(H,4,5). The lowest BCUT2D eigenvalue weighted by molar-refractivity contribution is -0.138. The molecule has 0 aromatic carbocycles. The molecule has 0 saturated carbocycles. The molecule has 0 aliphatic heterocycles. The van der Waals surface area contributed by atoms with Gasteiger partial charge in [0.05, 0.1) is 0 Å². The van der Waals surface area contributed by atoms with E-state index >= 15 is 0 Å². The second kappa shape index (κ2) is 8.35. The van der Waals surface area contributed by atoms with Gasteiger partial charge in [0.15, 0.2) is 0 Å². The van der Waals surface area contributed by atoms with Crippen molar-refractivity contribution >= 4 is 24.6 Å². The highest BCUT2D eigenvalue weighted by Crippen LogP contribution is 1.80. The summed E-state index contributed by atoms with van der Waals surface area (Å²) in [6, 6.07) is -0.816. The quantitative estimate of drug-likeness (QED) is 0.468. The van der Waals surface area contributed by atoms with Crippen molar-refractivity contribution in [3.8, 4) is 0 Å². The number of carboxylic acids is 2. The Labute approximate surface area is 76.0 Å². The van der Waals surface area contributed by atoms with Crippen molar-refractivity contribution in [2.75, 3.05) is 5.75 Å². The summed E-state index contributed by atoms with van der Waals surface area (Å²) in [5.74, 6) is -1.56. The van der Waals surface area contributed by atoms with Crippen LogP contribution in [-0.4, -0.2) is 33.9 Å². The van der Waals surface area contributed by atoms with Gasteiger partial charge in [0, 0.05) is 12.2 Å². The normalized spacial score (nSPS) is 10.9. The molecule has 0 amide bonds. The van der Waals surface area contributed by atoms with Crippen LogP contribution in [0.5, 0.6) is 0 Å². The largest absolute Gasteiger partial charge is 0.481 e. The average molecular weight is 195 g/mol. The topological polar surface area (TPSA) is 101 Å². The number of carboxylic acid groups (broad SMARTS) is 2. The van der Waals surface area contributed by atoms with Gasteiger partial charge in [0.1, 0.15) is 6.04 Å². The predicted molar refractivity (Wildman–Crippen MR) is 47.4 cm³/mol. The molecule has 0 heterocycles. The van der Waals surface area contributed by atoms with E-state index in [0.29, 0.717) is 0 Å². The fraction of sp³-hybridized carbons (Fsp3) is 0.667. The number of hydrogen-bond acceptors (Lipinski definition) is 4. The molecule has 0 aliphatic rings. The van der Waals surface area contributed by atoms with Crippen molar-refractivity contribution in [1.82, 2.24) is 0 Å². The van der Waals surface area contributed by atoms with Crippen molar-refractivity contribution < 1.29 is 19.8 Å². The second-order valence-corrected chi connectivity index (χ2v) is 2.24. The summed E-state index contributed by atoms with van der Waals surface area (Å²) in [7, 11) is 0. The van der Waals surface area contributed by atoms with Crippen LogP contribution in [0.25, 0.3) is 0 Å². The Morgan fingerprint density at radius 2 is 1.83 bits per heavy atom. The van der Waals surface area contributed by atoms with E-state index < -0.39 is 18.0 Å². The number of aliphatic carboxylic acids is 2. The van der Waals surface area contributed by atoms with E-state index in [-0.39, 0.29) is 12.2 Å². The van der Waals surface area contributed by atoms with Crippen LogP contribution < -0.4 is 5.73 Å². The zero-order valence-electron chi connectivity index (χ0n) is 6.73. The lowest BCUT2D eigenvalue weighted by Crippen LogP contribution is -2.31. The molecule has 5 nitrogen and oxygen atoms in total. The van der Waals surface area contributed by atoms with E-state index in [0.717, 1.165) is 0 Å². The first-order valence-electron chi connectivity index (χ1n) is 3.26. The Morgan fingerprint density at radius 1 is 1.50 bits per heavy atom. The van der Waals surface area contributed by atoms with Crippen molar-refractivity contribution in [3.05, 3.63) is 0 Å². The lowest BCUT2D eigenvalue weighted by Gasteiger charge is -1.96. The molecular formula is C6H13NO4S. The molecule has 0 aromatic heterocycles. The fourth-order valence-corrected chi connectivity index (χ4v) is 0.234. The maximum absolute atomic E-state index is 9.76. The molecule has 1 atom stereocenters. The molecular weight excluding hydrogens is 182 g/mol. The van der Waals surface area contributed by atoms with Crippen LogP contribution >= 0.6 is 12.6 Å². The highest BCUT2D eigenvalue weighted by atomic mass is 32.1. The van der Waals surface area contributed by atoms with Crippen LogP contribution in [0, 0.1) is 0 Å². The van der Waals surface area contributed by atoms with Gasteiger partial charge in [-0.25, -0.2) is 0 Å². The van der Waals surface area contributed by atoms with Gasteiger partial charge in [-0.15, -0.1) is 0 Å². The van der Waals surface area contributed by atoms with Crippen LogP contribution in [0.2, 0.25) is 0 Å². The molecule has 12 heavy (non-hydrogen) atoms. The van der Waals surface area contributed by atoms with Gasteiger partial charge >= 0.3 is 11.9 Å². The summed E-state index contributed by atoms with van der Waals surface area (Å²) in [4.78, 5) is 19.1. The SMILES string of the molecule is CCC(=O)O.NC(CS)C(=O)O. The molecule has 1 unspecified atom stereocenters. The van der Waals surface area contributed by atoms with Crippen LogP contribution in [0.4, 0.5) is 0 Å². The van der Waals surface area contributed by atoms with Crippen molar-refractivity contribution in [3.63, 3.8) is 0 Å². The van der Waals surface area contributed by atoms with Crippen molar-refractivity contribution in [2.24, 2.45) is 5.73 Å². The number of nitrogens with two attached hydrogens (primary N) is 1. The molecule has 6 heteroatoms.